The van der Waals surface area contributed by atoms with Crippen molar-refractivity contribution in [1.29, 1.82) is 0 Å². The van der Waals surface area contributed by atoms with Gasteiger partial charge in [0.15, 0.2) is 0 Å². The lowest BCUT2D eigenvalue weighted by molar-refractivity contribution is 0.329. The molecule has 9 heavy (non-hydrogen) atoms. The molecule has 0 aromatic carbocycles. The maximum atomic E-state index is 3.21. The molecule has 1 aliphatic rings. The van der Waals surface area contributed by atoms with Gasteiger partial charge in [-0.3, -0.25) is 0 Å². The van der Waals surface area contributed by atoms with Gasteiger partial charge in [-0.25, -0.2) is 0 Å². The molecule has 2 heteroatoms. The van der Waals surface area contributed by atoms with Gasteiger partial charge in [-0.15, -0.1) is 0 Å². The van der Waals surface area contributed by atoms with Crippen LogP contribution in [-0.4, -0.2) is 38.1 Å². The number of nitrogens with zero attached hydrogens (tertiary/aromatic N) is 1. The molecular weight excluding hydrogens is 112 g/mol. The first-order valence-corrected chi connectivity index (χ1v) is 3.35. The van der Waals surface area contributed by atoms with Crippen LogP contribution in [0.1, 0.15) is 0 Å². The summed E-state index contributed by atoms with van der Waals surface area (Å²) >= 11 is 0. The molecule has 0 amide bonds. The highest BCUT2D eigenvalue weighted by molar-refractivity contribution is 4.99. The predicted molar refractivity (Wildman–Crippen MR) is 39.5 cm³/mol. The highest BCUT2D eigenvalue weighted by atomic mass is 15.1. The van der Waals surface area contributed by atoms with Crippen molar-refractivity contribution >= 4 is 0 Å². The van der Waals surface area contributed by atoms with Gasteiger partial charge in [-0.1, -0.05) is 12.2 Å². The summed E-state index contributed by atoms with van der Waals surface area (Å²) in [5.74, 6) is 0. The maximum Gasteiger partial charge on any atom is 0.0376 e. The van der Waals surface area contributed by atoms with Crippen molar-refractivity contribution in [3.05, 3.63) is 12.2 Å². The lowest BCUT2D eigenvalue weighted by Gasteiger charge is -2.24. The van der Waals surface area contributed by atoms with Gasteiger partial charge in [-0.2, -0.15) is 0 Å². The van der Waals surface area contributed by atoms with Gasteiger partial charge in [0.05, 0.1) is 0 Å². The summed E-state index contributed by atoms with van der Waals surface area (Å²) in [6, 6.07) is 0.559. The van der Waals surface area contributed by atoms with Gasteiger partial charge < -0.3 is 10.2 Å². The maximum absolute atomic E-state index is 3.21. The minimum absolute atomic E-state index is 0.559. The van der Waals surface area contributed by atoms with E-state index in [9.17, 15) is 0 Å². The topological polar surface area (TPSA) is 15.3 Å². The Morgan fingerprint density at radius 2 is 2.44 bits per heavy atom. The lowest BCUT2D eigenvalue weighted by Crippen LogP contribution is -2.39. The number of likely N-dealkylation sites (N-methyl/N-ethyl adjacent to an activating group) is 2. The Bertz CT molecular complexity index is 109. The highest BCUT2D eigenvalue weighted by Crippen LogP contribution is 1.97. The second kappa shape index (κ2) is 2.99. The fraction of sp³-hybridized carbons (Fsp3) is 0.714. The monoisotopic (exact) mass is 126 g/mol. The van der Waals surface area contributed by atoms with Crippen LogP contribution in [0.3, 0.4) is 0 Å². The van der Waals surface area contributed by atoms with E-state index in [0.29, 0.717) is 6.04 Å². The van der Waals surface area contributed by atoms with E-state index in [1.54, 1.807) is 0 Å². The molecule has 1 heterocycles. The predicted octanol–water partition coefficient (Wildman–Crippen LogP) is 0.0760. The Labute approximate surface area is 56.5 Å². The average Bonchev–Trinajstić information content (AvgIpc) is 1.88. The second-order valence-corrected chi connectivity index (χ2v) is 2.54. The Hall–Kier alpha value is -0.340. The van der Waals surface area contributed by atoms with Crippen LogP contribution in [0.2, 0.25) is 0 Å². The fourth-order valence-electron chi connectivity index (χ4n) is 1.06. The quantitative estimate of drug-likeness (QED) is 0.500. The summed E-state index contributed by atoms with van der Waals surface area (Å²) in [4.78, 5) is 2.29. The zero-order valence-electron chi connectivity index (χ0n) is 6.09. The molecule has 0 saturated heterocycles. The average molecular weight is 126 g/mol. The van der Waals surface area contributed by atoms with Gasteiger partial charge in [0, 0.05) is 19.1 Å². The zero-order valence-corrected chi connectivity index (χ0v) is 6.09. The Morgan fingerprint density at radius 1 is 1.67 bits per heavy atom. The van der Waals surface area contributed by atoms with Crippen LogP contribution in [0.25, 0.3) is 0 Å². The van der Waals surface area contributed by atoms with E-state index in [2.05, 4.69) is 29.4 Å². The molecule has 0 fully saturated rings. The van der Waals surface area contributed by atoms with Gasteiger partial charge in [0.1, 0.15) is 0 Å². The van der Waals surface area contributed by atoms with E-state index in [0.717, 1.165) is 13.1 Å². The van der Waals surface area contributed by atoms with Crippen LogP contribution >= 0.6 is 0 Å². The van der Waals surface area contributed by atoms with Gasteiger partial charge in [-0.05, 0) is 14.1 Å². The molecule has 0 radical (unpaired) electrons. The first kappa shape index (κ1) is 6.78. The Morgan fingerprint density at radius 3 is 2.89 bits per heavy atom. The third kappa shape index (κ3) is 1.80. The van der Waals surface area contributed by atoms with Crippen LogP contribution in [0, 0.1) is 0 Å². The number of nitrogens with one attached hydrogen (secondary N) is 1. The molecule has 0 bridgehead atoms. The second-order valence-electron chi connectivity index (χ2n) is 2.54. The van der Waals surface area contributed by atoms with Crippen molar-refractivity contribution in [3.8, 4) is 0 Å². The minimum atomic E-state index is 0.559. The van der Waals surface area contributed by atoms with Crippen molar-refractivity contribution in [1.82, 2.24) is 10.2 Å². The van der Waals surface area contributed by atoms with E-state index < -0.39 is 0 Å². The van der Waals surface area contributed by atoms with E-state index in [-0.39, 0.29) is 0 Å². The van der Waals surface area contributed by atoms with E-state index in [1.807, 2.05) is 7.05 Å². The first-order valence-electron chi connectivity index (χ1n) is 3.35. The van der Waals surface area contributed by atoms with Crippen molar-refractivity contribution in [2.24, 2.45) is 0 Å². The summed E-state index contributed by atoms with van der Waals surface area (Å²) in [6.45, 7) is 2.23. The molecule has 1 unspecified atom stereocenters. The molecule has 52 valence electrons. The van der Waals surface area contributed by atoms with Crippen LogP contribution in [0.4, 0.5) is 0 Å². The first-order chi connectivity index (χ1) is 4.33. The van der Waals surface area contributed by atoms with E-state index in [1.165, 1.54) is 0 Å². The smallest absolute Gasteiger partial charge is 0.0376 e. The lowest BCUT2D eigenvalue weighted by atomic mass is 10.2. The summed E-state index contributed by atoms with van der Waals surface area (Å²) in [5.41, 5.74) is 0. The van der Waals surface area contributed by atoms with Gasteiger partial charge >= 0.3 is 0 Å². The summed E-state index contributed by atoms with van der Waals surface area (Å²) < 4.78 is 0. The molecule has 1 rings (SSSR count). The normalized spacial score (nSPS) is 28.9. The SMILES string of the molecule is CNC1C=CCN(C)C1. The van der Waals surface area contributed by atoms with Crippen molar-refractivity contribution in [2.45, 2.75) is 6.04 Å². The molecule has 0 aromatic rings. The van der Waals surface area contributed by atoms with E-state index in [4.69, 9.17) is 0 Å². The minimum Gasteiger partial charge on any atom is -0.312 e. The highest BCUT2D eigenvalue weighted by Gasteiger charge is 2.08. The number of hydrogen-bond donors (Lipinski definition) is 1. The largest absolute Gasteiger partial charge is 0.312 e. The van der Waals surface area contributed by atoms with Crippen LogP contribution in [0.15, 0.2) is 12.2 Å². The molecule has 1 aliphatic heterocycles. The molecule has 0 aliphatic carbocycles. The van der Waals surface area contributed by atoms with Gasteiger partial charge in [0.25, 0.3) is 0 Å². The molecule has 0 saturated carbocycles. The third-order valence-corrected chi connectivity index (χ3v) is 1.66. The van der Waals surface area contributed by atoms with Crippen molar-refractivity contribution < 1.29 is 0 Å². The van der Waals surface area contributed by atoms with Crippen LogP contribution < -0.4 is 5.32 Å². The summed E-state index contributed by atoms with van der Waals surface area (Å²) in [5, 5.41) is 3.21. The van der Waals surface area contributed by atoms with Gasteiger partial charge in [0.2, 0.25) is 0 Å². The van der Waals surface area contributed by atoms with E-state index >= 15 is 0 Å². The molecule has 0 spiro atoms. The zero-order chi connectivity index (χ0) is 6.69. The molecular formula is C7H14N2. The Balaban J connectivity index is 2.39. The van der Waals surface area contributed by atoms with Crippen LogP contribution in [0.5, 0.6) is 0 Å². The van der Waals surface area contributed by atoms with Crippen molar-refractivity contribution in [3.63, 3.8) is 0 Å². The third-order valence-electron chi connectivity index (χ3n) is 1.66. The number of rotatable bonds is 1. The van der Waals surface area contributed by atoms with Crippen LogP contribution in [-0.2, 0) is 0 Å². The molecule has 1 atom stereocenters. The molecule has 2 nitrogen and oxygen atoms in total. The fourth-order valence-corrected chi connectivity index (χ4v) is 1.06. The standard InChI is InChI=1S/C7H14N2/c1-8-7-4-3-5-9(2)6-7/h3-4,7-8H,5-6H2,1-2H3. The Kier molecular flexibility index (Phi) is 2.25. The summed E-state index contributed by atoms with van der Waals surface area (Å²) in [7, 11) is 4.13. The number of hydrogen-bond acceptors (Lipinski definition) is 2. The molecule has 1 N–H and O–H groups in total. The summed E-state index contributed by atoms with van der Waals surface area (Å²) in [6.07, 6.45) is 4.42. The van der Waals surface area contributed by atoms with Crippen molar-refractivity contribution in [2.75, 3.05) is 27.2 Å². The molecule has 0 aromatic heterocycles.